The molecule has 0 aliphatic heterocycles. The van der Waals surface area contributed by atoms with Gasteiger partial charge < -0.3 is 10.1 Å². The van der Waals surface area contributed by atoms with Gasteiger partial charge in [-0.2, -0.15) is 0 Å². The molecule has 0 bridgehead atoms. The van der Waals surface area contributed by atoms with Gasteiger partial charge in [0.25, 0.3) is 11.6 Å². The van der Waals surface area contributed by atoms with Crippen molar-refractivity contribution in [1.82, 2.24) is 10.6 Å². The highest BCUT2D eigenvalue weighted by Crippen LogP contribution is 2.25. The molecule has 3 amide bonds. The van der Waals surface area contributed by atoms with E-state index in [1.165, 1.54) is 30.4 Å². The normalized spacial score (nSPS) is 10.1. The molecule has 0 aromatic heterocycles. The van der Waals surface area contributed by atoms with E-state index < -0.39 is 29.4 Å². The van der Waals surface area contributed by atoms with Crippen LogP contribution < -0.4 is 10.6 Å². The molecule has 9 nitrogen and oxygen atoms in total. The average Bonchev–Trinajstić information content (AvgIpc) is 2.57. The van der Waals surface area contributed by atoms with E-state index in [9.17, 15) is 24.5 Å². The Morgan fingerprint density at radius 3 is 2.72 bits per heavy atom. The Hall–Kier alpha value is -3.20. The van der Waals surface area contributed by atoms with E-state index in [4.69, 9.17) is 11.6 Å². The monoisotopic (exact) mass is 367 g/mol. The van der Waals surface area contributed by atoms with Crippen molar-refractivity contribution in [3.63, 3.8) is 0 Å². The Morgan fingerprint density at radius 1 is 1.36 bits per heavy atom. The zero-order valence-corrected chi connectivity index (χ0v) is 13.6. The summed E-state index contributed by atoms with van der Waals surface area (Å²) in [5.41, 5.74) is 0.0448. The summed E-state index contributed by atoms with van der Waals surface area (Å²) in [6.07, 6.45) is 3.67. The van der Waals surface area contributed by atoms with Crippen LogP contribution in [-0.4, -0.2) is 36.0 Å². The molecule has 0 unspecified atom stereocenters. The lowest BCUT2D eigenvalue weighted by Crippen LogP contribution is -2.41. The van der Waals surface area contributed by atoms with Crippen molar-refractivity contribution in [3.8, 4) is 0 Å². The molecule has 0 saturated carbocycles. The van der Waals surface area contributed by atoms with E-state index in [2.05, 4.69) is 16.6 Å². The number of nitrogens with one attached hydrogen (secondary N) is 2. The number of hydrogen-bond donors (Lipinski definition) is 2. The standard InChI is InChI=1S/C15H14ClN3O6/c1-2-7-17-15(22)18-13(20)9-25-14(21)6-4-10-3-5-11(16)12(8-10)19(23)24/h2-6,8H,1,7,9H2,(H2,17,18,20,22)/b6-4+. The fraction of sp³-hybridized carbons (Fsp3) is 0.133. The van der Waals surface area contributed by atoms with Crippen LogP contribution in [0.5, 0.6) is 0 Å². The number of hydrogen-bond acceptors (Lipinski definition) is 6. The summed E-state index contributed by atoms with van der Waals surface area (Å²) in [5, 5.41) is 15.0. The first-order valence-electron chi connectivity index (χ1n) is 6.81. The molecule has 0 aliphatic carbocycles. The number of rotatable bonds is 7. The van der Waals surface area contributed by atoms with Gasteiger partial charge in [-0.15, -0.1) is 6.58 Å². The van der Waals surface area contributed by atoms with Crippen LogP contribution in [0.25, 0.3) is 6.08 Å². The minimum atomic E-state index is -0.862. The van der Waals surface area contributed by atoms with Crippen molar-refractivity contribution in [2.75, 3.05) is 13.2 Å². The van der Waals surface area contributed by atoms with Crippen molar-refractivity contribution in [2.45, 2.75) is 0 Å². The fourth-order valence-electron chi connectivity index (χ4n) is 1.49. The molecule has 0 fully saturated rings. The zero-order chi connectivity index (χ0) is 18.8. The third-order valence-electron chi connectivity index (χ3n) is 2.58. The number of nitro groups is 1. The van der Waals surface area contributed by atoms with Gasteiger partial charge in [0.05, 0.1) is 4.92 Å². The minimum absolute atomic E-state index is 0.0314. The van der Waals surface area contributed by atoms with Crippen molar-refractivity contribution in [2.24, 2.45) is 0 Å². The van der Waals surface area contributed by atoms with Crippen LogP contribution in [0.4, 0.5) is 10.5 Å². The summed E-state index contributed by atoms with van der Waals surface area (Å²) < 4.78 is 4.63. The van der Waals surface area contributed by atoms with Crippen LogP contribution in [-0.2, 0) is 14.3 Å². The predicted octanol–water partition coefficient (Wildman–Crippen LogP) is 1.82. The lowest BCUT2D eigenvalue weighted by Gasteiger charge is -2.04. The van der Waals surface area contributed by atoms with Crippen LogP contribution in [0.3, 0.4) is 0 Å². The highest BCUT2D eigenvalue weighted by molar-refractivity contribution is 6.32. The first kappa shape index (κ1) is 19.8. The first-order chi connectivity index (χ1) is 11.8. The number of esters is 1. The molecule has 10 heteroatoms. The number of carbonyl (C=O) groups excluding carboxylic acids is 3. The minimum Gasteiger partial charge on any atom is -0.452 e. The van der Waals surface area contributed by atoms with E-state index in [1.54, 1.807) is 0 Å². The molecule has 0 heterocycles. The number of halogens is 1. The summed E-state index contributed by atoms with van der Waals surface area (Å²) in [5.74, 6) is -1.68. The van der Waals surface area contributed by atoms with E-state index in [-0.39, 0.29) is 17.3 Å². The third-order valence-corrected chi connectivity index (χ3v) is 2.90. The molecule has 2 N–H and O–H groups in total. The third kappa shape index (κ3) is 7.27. The van der Waals surface area contributed by atoms with Gasteiger partial charge in [0.1, 0.15) is 5.02 Å². The molecular formula is C15H14ClN3O6. The Balaban J connectivity index is 2.51. The van der Waals surface area contributed by atoms with Crippen molar-refractivity contribution >= 4 is 41.3 Å². The van der Waals surface area contributed by atoms with E-state index in [0.29, 0.717) is 5.56 Å². The molecule has 0 radical (unpaired) electrons. The second-order valence-electron chi connectivity index (χ2n) is 4.46. The zero-order valence-electron chi connectivity index (χ0n) is 12.9. The second kappa shape index (κ2) is 9.83. The van der Waals surface area contributed by atoms with Gasteiger partial charge >= 0.3 is 12.0 Å². The summed E-state index contributed by atoms with van der Waals surface area (Å²) in [4.78, 5) is 44.1. The Kier molecular flexibility index (Phi) is 7.80. The van der Waals surface area contributed by atoms with Gasteiger partial charge in [-0.25, -0.2) is 9.59 Å². The molecule has 0 atom stereocenters. The van der Waals surface area contributed by atoms with E-state index in [0.717, 1.165) is 6.08 Å². The maximum Gasteiger partial charge on any atom is 0.331 e. The molecule has 0 aliphatic rings. The number of carbonyl (C=O) groups is 3. The van der Waals surface area contributed by atoms with Gasteiger partial charge in [0, 0.05) is 18.7 Å². The average molecular weight is 368 g/mol. The molecule has 1 aromatic carbocycles. The Labute approximate surface area is 147 Å². The SMILES string of the molecule is C=CCNC(=O)NC(=O)COC(=O)/C=C/c1ccc(Cl)c([N+](=O)[O-])c1. The largest absolute Gasteiger partial charge is 0.452 e. The highest BCUT2D eigenvalue weighted by atomic mass is 35.5. The van der Waals surface area contributed by atoms with Crippen LogP contribution in [0.1, 0.15) is 5.56 Å². The number of ether oxygens (including phenoxy) is 1. The summed E-state index contributed by atoms with van der Waals surface area (Å²) in [7, 11) is 0. The fourth-order valence-corrected chi connectivity index (χ4v) is 1.68. The van der Waals surface area contributed by atoms with Gasteiger partial charge in [0.2, 0.25) is 0 Å². The molecule has 132 valence electrons. The van der Waals surface area contributed by atoms with Crippen molar-refractivity contribution in [3.05, 3.63) is 57.6 Å². The smallest absolute Gasteiger partial charge is 0.331 e. The molecule has 1 rings (SSSR count). The highest BCUT2D eigenvalue weighted by Gasteiger charge is 2.12. The molecule has 1 aromatic rings. The number of nitrogens with zero attached hydrogens (tertiary/aromatic N) is 1. The van der Waals surface area contributed by atoms with Gasteiger partial charge in [-0.1, -0.05) is 23.7 Å². The first-order valence-corrected chi connectivity index (χ1v) is 7.18. The predicted molar refractivity (Wildman–Crippen MR) is 89.8 cm³/mol. The van der Waals surface area contributed by atoms with Crippen molar-refractivity contribution in [1.29, 1.82) is 0 Å². The van der Waals surface area contributed by atoms with Crippen LogP contribution in [0, 0.1) is 10.1 Å². The maximum absolute atomic E-state index is 11.5. The van der Waals surface area contributed by atoms with Crippen LogP contribution in [0.15, 0.2) is 36.9 Å². The van der Waals surface area contributed by atoms with E-state index >= 15 is 0 Å². The lowest BCUT2D eigenvalue weighted by atomic mass is 10.2. The molecule has 0 spiro atoms. The van der Waals surface area contributed by atoms with Gasteiger partial charge in [-0.05, 0) is 17.7 Å². The van der Waals surface area contributed by atoms with E-state index in [1.807, 2.05) is 5.32 Å². The summed E-state index contributed by atoms with van der Waals surface area (Å²) >= 11 is 5.67. The molecule has 25 heavy (non-hydrogen) atoms. The quantitative estimate of drug-likeness (QED) is 0.249. The topological polar surface area (TPSA) is 128 Å². The van der Waals surface area contributed by atoms with Crippen LogP contribution in [0.2, 0.25) is 5.02 Å². The summed E-state index contributed by atoms with van der Waals surface area (Å²) in [6.45, 7) is 2.90. The molecule has 0 saturated heterocycles. The molecular weight excluding hydrogens is 354 g/mol. The number of imide groups is 1. The lowest BCUT2D eigenvalue weighted by molar-refractivity contribution is -0.384. The maximum atomic E-state index is 11.5. The summed E-state index contributed by atoms with van der Waals surface area (Å²) in [6, 6.07) is 3.23. The Bertz CT molecular complexity index is 732. The Morgan fingerprint density at radius 2 is 2.08 bits per heavy atom. The van der Waals surface area contributed by atoms with Gasteiger partial charge in [0.15, 0.2) is 6.61 Å². The van der Waals surface area contributed by atoms with Crippen molar-refractivity contribution < 1.29 is 24.0 Å². The van der Waals surface area contributed by atoms with Crippen LogP contribution >= 0.6 is 11.6 Å². The number of nitro benzene ring substituents is 1. The van der Waals surface area contributed by atoms with Gasteiger partial charge in [-0.3, -0.25) is 20.2 Å². The number of urea groups is 1. The second-order valence-corrected chi connectivity index (χ2v) is 4.86. The number of amides is 3. The number of benzene rings is 1.